The molecule has 0 aliphatic heterocycles. The summed E-state index contributed by atoms with van der Waals surface area (Å²) in [6.07, 6.45) is 69.9. The van der Waals surface area contributed by atoms with Crippen molar-refractivity contribution < 1.29 is 15.0 Å². The summed E-state index contributed by atoms with van der Waals surface area (Å²) in [5.74, 6) is -0.0890. The SMILES string of the molecule is CC/C=C\C/C=C\C/C=C\C/C=C\CCCCCCCCCCC(=O)NC(CO)C(O)/C=C/CC/C=C/CC/C=C/CCCCCCCCCCCCCCCC. The zero-order valence-corrected chi connectivity index (χ0v) is 37.6. The number of nitrogens with one attached hydrogen (secondary N) is 1. The Morgan fingerprint density at radius 3 is 1.23 bits per heavy atom. The Morgan fingerprint density at radius 1 is 0.439 bits per heavy atom. The number of hydrogen-bond acceptors (Lipinski definition) is 3. The predicted octanol–water partition coefficient (Wildman–Crippen LogP) is 15.6. The van der Waals surface area contributed by atoms with Gasteiger partial charge in [0.05, 0.1) is 18.8 Å². The van der Waals surface area contributed by atoms with Crippen LogP contribution in [0.3, 0.4) is 0 Å². The topological polar surface area (TPSA) is 69.6 Å². The number of allylic oxidation sites excluding steroid dienone is 13. The molecule has 0 bridgehead atoms. The van der Waals surface area contributed by atoms with Crippen molar-refractivity contribution in [1.29, 1.82) is 0 Å². The van der Waals surface area contributed by atoms with Crippen molar-refractivity contribution in [2.75, 3.05) is 6.61 Å². The van der Waals surface area contributed by atoms with Crippen LogP contribution in [-0.2, 0) is 4.79 Å². The van der Waals surface area contributed by atoms with Gasteiger partial charge in [0.1, 0.15) is 0 Å². The molecule has 0 saturated carbocycles. The summed E-state index contributed by atoms with van der Waals surface area (Å²) in [7, 11) is 0. The average molecular weight is 792 g/mol. The summed E-state index contributed by atoms with van der Waals surface area (Å²) in [6, 6.07) is -0.655. The molecule has 0 saturated heterocycles. The lowest BCUT2D eigenvalue weighted by Crippen LogP contribution is -2.45. The normalized spacial score (nSPS) is 13.7. The summed E-state index contributed by atoms with van der Waals surface area (Å²) < 4.78 is 0. The quantitative estimate of drug-likeness (QED) is 0.0425. The second-order valence-corrected chi connectivity index (χ2v) is 16.1. The summed E-state index contributed by atoms with van der Waals surface area (Å²) in [4.78, 5) is 12.4. The summed E-state index contributed by atoms with van der Waals surface area (Å²) in [5.41, 5.74) is 0. The Balaban J connectivity index is 3.65. The monoisotopic (exact) mass is 792 g/mol. The van der Waals surface area contributed by atoms with Gasteiger partial charge >= 0.3 is 0 Å². The first-order chi connectivity index (χ1) is 28.2. The molecule has 57 heavy (non-hydrogen) atoms. The molecule has 4 nitrogen and oxygen atoms in total. The third-order valence-corrected chi connectivity index (χ3v) is 10.6. The molecule has 1 amide bonds. The number of carbonyl (C=O) groups is 1. The van der Waals surface area contributed by atoms with Gasteiger partial charge in [0.15, 0.2) is 0 Å². The number of rotatable bonds is 43. The van der Waals surface area contributed by atoms with E-state index >= 15 is 0 Å². The lowest BCUT2D eigenvalue weighted by atomic mass is 10.0. The maximum atomic E-state index is 12.4. The molecular formula is C53H93NO3. The molecule has 0 fully saturated rings. The molecule has 0 radical (unpaired) electrons. The first kappa shape index (κ1) is 54.6. The molecule has 3 N–H and O–H groups in total. The van der Waals surface area contributed by atoms with E-state index in [-0.39, 0.29) is 12.5 Å². The van der Waals surface area contributed by atoms with Gasteiger partial charge in [-0.05, 0) is 83.5 Å². The molecule has 0 aliphatic rings. The maximum Gasteiger partial charge on any atom is 0.220 e. The number of aliphatic hydroxyl groups is 2. The first-order valence-corrected chi connectivity index (χ1v) is 24.3. The van der Waals surface area contributed by atoms with E-state index in [1.807, 2.05) is 6.08 Å². The Bertz CT molecular complexity index is 1030. The van der Waals surface area contributed by atoms with Crippen LogP contribution in [0.1, 0.15) is 226 Å². The van der Waals surface area contributed by atoms with Crippen molar-refractivity contribution in [1.82, 2.24) is 5.32 Å². The standard InChI is InChI=1S/C53H93NO3/c1-3-5-7-9-11-13-15-17-19-21-23-25-26-27-29-30-32-34-36-38-40-42-44-46-48-52(56)51(50-55)54-53(57)49-47-45-43-41-39-37-35-33-31-28-24-22-20-18-16-14-12-10-8-6-4-2/h6,8,12,14,18,20,24,28,30,32,38,40,46,48,51-52,55-56H,3-5,7,9-11,13,15-17,19,21-23,25-27,29,31,33-37,39,41-45,47,49-50H2,1-2H3,(H,54,57)/b8-6-,14-12-,20-18-,28-24-,32-30+,40-38+,48-46+. The molecule has 4 heteroatoms. The Morgan fingerprint density at radius 2 is 0.789 bits per heavy atom. The van der Waals surface area contributed by atoms with Crippen LogP contribution in [0.15, 0.2) is 85.1 Å². The van der Waals surface area contributed by atoms with Crippen LogP contribution >= 0.6 is 0 Å². The van der Waals surface area contributed by atoms with E-state index in [4.69, 9.17) is 0 Å². The van der Waals surface area contributed by atoms with Gasteiger partial charge in [-0.15, -0.1) is 0 Å². The second kappa shape index (κ2) is 47.9. The van der Waals surface area contributed by atoms with Gasteiger partial charge in [-0.1, -0.05) is 221 Å². The van der Waals surface area contributed by atoms with Gasteiger partial charge < -0.3 is 15.5 Å². The highest BCUT2D eigenvalue weighted by atomic mass is 16.3. The lowest BCUT2D eigenvalue weighted by molar-refractivity contribution is -0.123. The van der Waals surface area contributed by atoms with Crippen molar-refractivity contribution >= 4 is 5.91 Å². The number of aliphatic hydroxyl groups excluding tert-OH is 2. The van der Waals surface area contributed by atoms with E-state index in [9.17, 15) is 15.0 Å². The smallest absolute Gasteiger partial charge is 0.220 e. The minimum absolute atomic E-state index is 0.0890. The van der Waals surface area contributed by atoms with Crippen LogP contribution in [0.2, 0.25) is 0 Å². The Kier molecular flexibility index (Phi) is 45.9. The molecule has 2 unspecified atom stereocenters. The molecule has 328 valence electrons. The predicted molar refractivity (Wildman–Crippen MR) is 253 cm³/mol. The number of amides is 1. The minimum Gasteiger partial charge on any atom is -0.394 e. The molecule has 2 atom stereocenters. The van der Waals surface area contributed by atoms with E-state index in [1.165, 1.54) is 135 Å². The molecule has 0 heterocycles. The van der Waals surface area contributed by atoms with Gasteiger partial charge in [0.2, 0.25) is 5.91 Å². The van der Waals surface area contributed by atoms with Crippen LogP contribution in [0.25, 0.3) is 0 Å². The van der Waals surface area contributed by atoms with Gasteiger partial charge in [0, 0.05) is 6.42 Å². The van der Waals surface area contributed by atoms with Gasteiger partial charge in [-0.3, -0.25) is 4.79 Å². The molecule has 0 aromatic carbocycles. The van der Waals surface area contributed by atoms with Crippen molar-refractivity contribution in [3.05, 3.63) is 85.1 Å². The fourth-order valence-corrected chi connectivity index (χ4v) is 6.91. The van der Waals surface area contributed by atoms with Crippen molar-refractivity contribution in [3.8, 4) is 0 Å². The van der Waals surface area contributed by atoms with E-state index in [0.717, 1.165) is 70.6 Å². The van der Waals surface area contributed by atoms with Crippen LogP contribution in [0, 0.1) is 0 Å². The minimum atomic E-state index is -0.879. The molecule has 0 spiro atoms. The molecular weight excluding hydrogens is 699 g/mol. The third-order valence-electron chi connectivity index (χ3n) is 10.6. The maximum absolute atomic E-state index is 12.4. The second-order valence-electron chi connectivity index (χ2n) is 16.1. The fourth-order valence-electron chi connectivity index (χ4n) is 6.91. The van der Waals surface area contributed by atoms with Gasteiger partial charge in [-0.25, -0.2) is 0 Å². The molecule has 0 aromatic rings. The summed E-state index contributed by atoms with van der Waals surface area (Å²) in [5, 5.41) is 23.1. The molecule has 0 rings (SSSR count). The highest BCUT2D eigenvalue weighted by molar-refractivity contribution is 5.76. The van der Waals surface area contributed by atoms with Crippen molar-refractivity contribution in [3.63, 3.8) is 0 Å². The van der Waals surface area contributed by atoms with Crippen molar-refractivity contribution in [2.24, 2.45) is 0 Å². The number of hydrogen-bond donors (Lipinski definition) is 3. The largest absolute Gasteiger partial charge is 0.394 e. The summed E-state index contributed by atoms with van der Waals surface area (Å²) in [6.45, 7) is 4.18. The highest BCUT2D eigenvalue weighted by Crippen LogP contribution is 2.14. The van der Waals surface area contributed by atoms with Crippen LogP contribution in [-0.4, -0.2) is 34.9 Å². The van der Waals surface area contributed by atoms with E-state index in [1.54, 1.807) is 6.08 Å². The fraction of sp³-hybridized carbons (Fsp3) is 0.717. The number of carbonyl (C=O) groups excluding carboxylic acids is 1. The van der Waals surface area contributed by atoms with Gasteiger partial charge in [-0.2, -0.15) is 0 Å². The zero-order valence-electron chi connectivity index (χ0n) is 37.6. The Hall–Kier alpha value is -2.43. The molecule has 0 aliphatic carbocycles. The van der Waals surface area contributed by atoms with E-state index in [0.29, 0.717) is 6.42 Å². The van der Waals surface area contributed by atoms with Crippen molar-refractivity contribution in [2.45, 2.75) is 238 Å². The number of unbranched alkanes of at least 4 members (excludes halogenated alkanes) is 24. The summed E-state index contributed by atoms with van der Waals surface area (Å²) >= 11 is 0. The third kappa shape index (κ3) is 44.5. The van der Waals surface area contributed by atoms with Crippen LogP contribution < -0.4 is 5.32 Å². The van der Waals surface area contributed by atoms with Crippen LogP contribution in [0.4, 0.5) is 0 Å². The zero-order chi connectivity index (χ0) is 41.4. The van der Waals surface area contributed by atoms with E-state index < -0.39 is 12.1 Å². The van der Waals surface area contributed by atoms with E-state index in [2.05, 4.69) is 92.1 Å². The average Bonchev–Trinajstić information content (AvgIpc) is 3.22. The first-order valence-electron chi connectivity index (χ1n) is 24.3. The highest BCUT2D eigenvalue weighted by Gasteiger charge is 2.17. The van der Waals surface area contributed by atoms with Crippen LogP contribution in [0.5, 0.6) is 0 Å². The Labute approximate surface area is 354 Å². The molecule has 0 aromatic heterocycles. The lowest BCUT2D eigenvalue weighted by Gasteiger charge is -2.19. The van der Waals surface area contributed by atoms with Gasteiger partial charge in [0.25, 0.3) is 0 Å².